The maximum atomic E-state index is 11.6. The van der Waals surface area contributed by atoms with Gasteiger partial charge in [0.1, 0.15) is 0 Å². The van der Waals surface area contributed by atoms with Crippen LogP contribution in [0.3, 0.4) is 0 Å². The molecule has 0 N–H and O–H groups in total. The largest absolute Gasteiger partial charge is 0.421 e. The molecule has 3 nitrogen and oxygen atoms in total. The minimum atomic E-state index is -0.340. The first kappa shape index (κ1) is 12.9. The number of hydrogen-bond acceptors (Lipinski definition) is 3. The highest BCUT2D eigenvalue weighted by atomic mass is 79.9. The zero-order chi connectivity index (χ0) is 11.4. The number of hydrogen-bond donors (Lipinski definition) is 0. The van der Waals surface area contributed by atoms with E-state index in [0.29, 0.717) is 15.8 Å². The standard InChI is InChI=1S/C10H12Br2O3/c1-3-4-6(14-2)8-9(12)7(5-11)15-10(8)13/h5-6H,3-4H2,1-2H3/b7-5-/t6-/m1/s1. The monoisotopic (exact) mass is 338 g/mol. The topological polar surface area (TPSA) is 35.5 Å². The number of halogens is 2. The Morgan fingerprint density at radius 1 is 1.60 bits per heavy atom. The van der Waals surface area contributed by atoms with Crippen molar-refractivity contribution in [3.8, 4) is 0 Å². The van der Waals surface area contributed by atoms with E-state index >= 15 is 0 Å². The number of rotatable bonds is 4. The summed E-state index contributed by atoms with van der Waals surface area (Å²) in [4.78, 5) is 13.1. The van der Waals surface area contributed by atoms with Gasteiger partial charge in [-0.3, -0.25) is 0 Å². The molecule has 1 aliphatic heterocycles. The number of allylic oxidation sites excluding steroid dienone is 1. The van der Waals surface area contributed by atoms with Crippen molar-refractivity contribution < 1.29 is 14.3 Å². The minimum absolute atomic E-state index is 0.207. The van der Waals surface area contributed by atoms with E-state index in [1.54, 1.807) is 12.1 Å². The van der Waals surface area contributed by atoms with Gasteiger partial charge in [0.25, 0.3) is 0 Å². The van der Waals surface area contributed by atoms with Crippen LogP contribution in [-0.2, 0) is 14.3 Å². The van der Waals surface area contributed by atoms with E-state index in [-0.39, 0.29) is 12.1 Å². The van der Waals surface area contributed by atoms with E-state index < -0.39 is 0 Å². The normalized spacial score (nSPS) is 21.1. The van der Waals surface area contributed by atoms with Gasteiger partial charge in [-0.05, 0) is 22.4 Å². The van der Waals surface area contributed by atoms with E-state index in [1.165, 1.54) is 0 Å². The third kappa shape index (κ3) is 2.71. The number of carbonyl (C=O) groups is 1. The lowest BCUT2D eigenvalue weighted by molar-refractivity contribution is -0.134. The maximum Gasteiger partial charge on any atom is 0.343 e. The quantitative estimate of drug-likeness (QED) is 0.737. The van der Waals surface area contributed by atoms with Crippen molar-refractivity contribution in [3.63, 3.8) is 0 Å². The molecule has 84 valence electrons. The molecule has 0 radical (unpaired) electrons. The van der Waals surface area contributed by atoms with Crippen LogP contribution >= 0.6 is 31.9 Å². The fourth-order valence-electron chi connectivity index (χ4n) is 1.41. The van der Waals surface area contributed by atoms with Crippen LogP contribution in [0.2, 0.25) is 0 Å². The number of carbonyl (C=O) groups excluding carboxylic acids is 1. The first-order valence-corrected chi connectivity index (χ1v) is 6.31. The second-order valence-corrected chi connectivity index (χ2v) is 4.35. The van der Waals surface area contributed by atoms with E-state index in [1.807, 2.05) is 6.92 Å². The van der Waals surface area contributed by atoms with Crippen molar-refractivity contribution in [3.05, 3.63) is 20.8 Å². The molecule has 0 saturated carbocycles. The molecule has 5 heteroatoms. The number of esters is 1. The summed E-state index contributed by atoms with van der Waals surface area (Å²) in [6, 6.07) is 0. The van der Waals surface area contributed by atoms with E-state index in [4.69, 9.17) is 9.47 Å². The molecule has 1 aliphatic rings. The Labute approximate surface area is 106 Å². The molecular formula is C10H12Br2O3. The molecule has 0 saturated heterocycles. The molecule has 0 bridgehead atoms. The molecule has 0 spiro atoms. The summed E-state index contributed by atoms with van der Waals surface area (Å²) in [5, 5.41) is 0. The third-order valence-electron chi connectivity index (χ3n) is 2.13. The van der Waals surface area contributed by atoms with E-state index in [0.717, 1.165) is 12.8 Å². The lowest BCUT2D eigenvalue weighted by atomic mass is 10.1. The minimum Gasteiger partial charge on any atom is -0.421 e. The predicted octanol–water partition coefficient (Wildman–Crippen LogP) is 3.24. The van der Waals surface area contributed by atoms with Crippen molar-refractivity contribution in [1.82, 2.24) is 0 Å². The van der Waals surface area contributed by atoms with Gasteiger partial charge in [-0.15, -0.1) is 0 Å². The maximum absolute atomic E-state index is 11.6. The van der Waals surface area contributed by atoms with Gasteiger partial charge in [0.2, 0.25) is 0 Å². The molecule has 0 aromatic rings. The van der Waals surface area contributed by atoms with Gasteiger partial charge in [-0.25, -0.2) is 4.79 Å². The Morgan fingerprint density at radius 3 is 2.67 bits per heavy atom. The van der Waals surface area contributed by atoms with Crippen molar-refractivity contribution >= 4 is 37.8 Å². The van der Waals surface area contributed by atoms with Gasteiger partial charge < -0.3 is 9.47 Å². The van der Waals surface area contributed by atoms with Crippen molar-refractivity contribution in [2.24, 2.45) is 0 Å². The van der Waals surface area contributed by atoms with Crippen molar-refractivity contribution in [2.45, 2.75) is 25.9 Å². The average Bonchev–Trinajstić information content (AvgIpc) is 2.51. The number of ether oxygens (including phenoxy) is 2. The second kappa shape index (κ2) is 5.82. The van der Waals surface area contributed by atoms with Crippen LogP contribution in [0.15, 0.2) is 20.8 Å². The van der Waals surface area contributed by atoms with Gasteiger partial charge in [0.05, 0.1) is 16.2 Å². The highest BCUT2D eigenvalue weighted by molar-refractivity contribution is 9.12. The van der Waals surface area contributed by atoms with Gasteiger partial charge >= 0.3 is 5.97 Å². The summed E-state index contributed by atoms with van der Waals surface area (Å²) in [6.07, 6.45) is 1.54. The second-order valence-electron chi connectivity index (χ2n) is 3.10. The molecule has 1 rings (SSSR count). The van der Waals surface area contributed by atoms with Crippen LogP contribution < -0.4 is 0 Å². The van der Waals surface area contributed by atoms with Gasteiger partial charge in [-0.2, -0.15) is 0 Å². The summed E-state index contributed by atoms with van der Waals surface area (Å²) < 4.78 is 11.0. The van der Waals surface area contributed by atoms with Crippen molar-refractivity contribution in [1.29, 1.82) is 0 Å². The molecule has 0 aromatic carbocycles. The van der Waals surface area contributed by atoms with E-state index in [9.17, 15) is 4.79 Å². The fraction of sp³-hybridized carbons (Fsp3) is 0.500. The van der Waals surface area contributed by atoms with Gasteiger partial charge in [-0.1, -0.05) is 29.3 Å². The molecule has 1 atom stereocenters. The molecule has 0 fully saturated rings. The highest BCUT2D eigenvalue weighted by Gasteiger charge is 2.33. The van der Waals surface area contributed by atoms with Crippen LogP contribution in [0.25, 0.3) is 0 Å². The van der Waals surface area contributed by atoms with Crippen LogP contribution in [0.4, 0.5) is 0 Å². The Balaban J connectivity index is 3.00. The molecule has 0 amide bonds. The SMILES string of the molecule is CCC[C@@H](OC)C1=C(Br)/C(=C/Br)OC1=O. The first-order valence-electron chi connectivity index (χ1n) is 4.61. The first-order chi connectivity index (χ1) is 7.15. The van der Waals surface area contributed by atoms with Crippen molar-refractivity contribution in [2.75, 3.05) is 7.11 Å². The lowest BCUT2D eigenvalue weighted by Crippen LogP contribution is -2.18. The highest BCUT2D eigenvalue weighted by Crippen LogP contribution is 2.35. The Kier molecular flexibility index (Phi) is 5.02. The van der Waals surface area contributed by atoms with Crippen LogP contribution in [0, 0.1) is 0 Å². The smallest absolute Gasteiger partial charge is 0.343 e. The van der Waals surface area contributed by atoms with Crippen LogP contribution in [-0.4, -0.2) is 19.2 Å². The molecule has 1 heterocycles. The molecular weight excluding hydrogens is 328 g/mol. The Hall–Kier alpha value is -0.130. The molecule has 15 heavy (non-hydrogen) atoms. The average molecular weight is 340 g/mol. The zero-order valence-corrected chi connectivity index (χ0v) is 11.7. The summed E-state index contributed by atoms with van der Waals surface area (Å²) in [7, 11) is 1.59. The van der Waals surface area contributed by atoms with Crippen LogP contribution in [0.5, 0.6) is 0 Å². The fourth-order valence-corrected chi connectivity index (χ4v) is 2.65. The third-order valence-corrected chi connectivity index (χ3v) is 3.37. The zero-order valence-electron chi connectivity index (χ0n) is 8.55. The number of methoxy groups -OCH3 is 1. The van der Waals surface area contributed by atoms with Gasteiger partial charge in [0, 0.05) is 12.1 Å². The summed E-state index contributed by atoms with van der Waals surface area (Å²) >= 11 is 6.48. The lowest BCUT2D eigenvalue weighted by Gasteiger charge is -2.13. The van der Waals surface area contributed by atoms with Gasteiger partial charge in [0.15, 0.2) is 5.76 Å². The molecule has 0 aliphatic carbocycles. The Morgan fingerprint density at radius 2 is 2.27 bits per heavy atom. The van der Waals surface area contributed by atoms with Crippen LogP contribution in [0.1, 0.15) is 19.8 Å². The Bertz CT molecular complexity index is 321. The van der Waals surface area contributed by atoms with E-state index in [2.05, 4.69) is 31.9 Å². The summed E-state index contributed by atoms with van der Waals surface area (Å²) in [5.41, 5.74) is 0.560. The molecule has 0 aromatic heterocycles. The predicted molar refractivity (Wildman–Crippen MR) is 64.8 cm³/mol. The summed E-state index contributed by atoms with van der Waals surface area (Å²) in [5.74, 6) is 0.154. The number of cyclic esters (lactones) is 1. The molecule has 0 unspecified atom stereocenters. The summed E-state index contributed by atoms with van der Waals surface area (Å²) in [6.45, 7) is 2.04.